The highest BCUT2D eigenvalue weighted by Gasteiger charge is 2.32. The Bertz CT molecular complexity index is 1040. The van der Waals surface area contributed by atoms with Gasteiger partial charge in [-0.05, 0) is 31.2 Å². The molecule has 1 N–H and O–H groups in total. The van der Waals surface area contributed by atoms with Gasteiger partial charge >= 0.3 is 0 Å². The number of fused-ring (bicyclic) bond motifs is 3. The van der Waals surface area contributed by atoms with Gasteiger partial charge in [-0.25, -0.2) is 4.39 Å². The smallest absolute Gasteiger partial charge is 0.255 e. The molecule has 4 rings (SSSR count). The van der Waals surface area contributed by atoms with Gasteiger partial charge in [0.25, 0.3) is 5.91 Å². The van der Waals surface area contributed by atoms with Crippen molar-refractivity contribution in [2.45, 2.75) is 19.4 Å². The van der Waals surface area contributed by atoms with Crippen molar-refractivity contribution in [1.82, 2.24) is 5.32 Å². The third kappa shape index (κ3) is 2.72. The fourth-order valence-corrected chi connectivity index (χ4v) is 3.64. The first-order valence-electron chi connectivity index (χ1n) is 8.85. The van der Waals surface area contributed by atoms with Crippen LogP contribution in [0.5, 0.6) is 5.75 Å². The number of carbonyl (C=O) groups excluding carboxylic acids is 1. The van der Waals surface area contributed by atoms with E-state index < -0.39 is 0 Å². The molecular formula is C21H21FN2O3. The van der Waals surface area contributed by atoms with Crippen LogP contribution in [0.15, 0.2) is 34.7 Å². The third-order valence-corrected chi connectivity index (χ3v) is 4.86. The number of amides is 1. The van der Waals surface area contributed by atoms with Gasteiger partial charge in [-0.3, -0.25) is 4.79 Å². The van der Waals surface area contributed by atoms with Gasteiger partial charge in [0.1, 0.15) is 29.0 Å². The Morgan fingerprint density at radius 1 is 1.26 bits per heavy atom. The van der Waals surface area contributed by atoms with Crippen molar-refractivity contribution in [2.24, 2.45) is 0 Å². The second kappa shape index (κ2) is 6.30. The van der Waals surface area contributed by atoms with Crippen LogP contribution in [0, 0.1) is 5.82 Å². The molecule has 3 aromatic rings. The average molecular weight is 368 g/mol. The highest BCUT2D eigenvalue weighted by molar-refractivity contribution is 6.13. The molecular weight excluding hydrogens is 347 g/mol. The number of carbonyl (C=O) groups is 1. The maximum Gasteiger partial charge on any atom is 0.255 e. The first kappa shape index (κ1) is 17.4. The quantitative estimate of drug-likeness (QED) is 0.760. The number of rotatable bonds is 3. The maximum atomic E-state index is 13.4. The summed E-state index contributed by atoms with van der Waals surface area (Å²) in [5.74, 6) is 0.639. The molecule has 0 bridgehead atoms. The molecule has 1 unspecified atom stereocenters. The monoisotopic (exact) mass is 368 g/mol. The van der Waals surface area contributed by atoms with Gasteiger partial charge in [0, 0.05) is 50.1 Å². The van der Waals surface area contributed by atoms with E-state index in [4.69, 9.17) is 9.15 Å². The Morgan fingerprint density at radius 3 is 2.59 bits per heavy atom. The van der Waals surface area contributed by atoms with Crippen LogP contribution < -0.4 is 15.0 Å². The van der Waals surface area contributed by atoms with Gasteiger partial charge in [-0.15, -0.1) is 0 Å². The number of ether oxygens (including phenoxy) is 1. The predicted octanol–water partition coefficient (Wildman–Crippen LogP) is 3.99. The Balaban J connectivity index is 2.07. The molecule has 1 aliphatic rings. The molecule has 2 aromatic carbocycles. The van der Waals surface area contributed by atoms with Gasteiger partial charge in [0.2, 0.25) is 0 Å². The molecule has 5 nitrogen and oxygen atoms in total. The fraction of sp³-hybridized carbons (Fsp3) is 0.286. The molecule has 0 fully saturated rings. The van der Waals surface area contributed by atoms with Crippen molar-refractivity contribution in [3.05, 3.63) is 47.3 Å². The van der Waals surface area contributed by atoms with E-state index in [0.717, 1.165) is 22.4 Å². The topological polar surface area (TPSA) is 54.7 Å². The van der Waals surface area contributed by atoms with Crippen LogP contribution >= 0.6 is 0 Å². The normalized spacial score (nSPS) is 15.5. The number of nitrogens with zero attached hydrogens (tertiary/aromatic N) is 1. The standard InChI is InChI=1S/C21H21FN2O3/c1-11-9-14-17-16(10-15(24(3)4)20(14)26-11)27-19(18(17)21(25)23-2)12-5-7-13(22)8-6-12/h5-8,10-11H,9H2,1-4H3,(H,23,25). The molecule has 0 saturated carbocycles. The molecule has 2 heterocycles. The van der Waals surface area contributed by atoms with E-state index in [1.165, 1.54) is 12.1 Å². The zero-order chi connectivity index (χ0) is 19.3. The lowest BCUT2D eigenvalue weighted by molar-refractivity contribution is 0.0964. The summed E-state index contributed by atoms with van der Waals surface area (Å²) >= 11 is 0. The Morgan fingerprint density at radius 2 is 1.96 bits per heavy atom. The number of hydrogen-bond acceptors (Lipinski definition) is 4. The molecule has 0 spiro atoms. The van der Waals surface area contributed by atoms with Gasteiger partial charge in [-0.2, -0.15) is 0 Å². The molecule has 1 aromatic heterocycles. The number of halogens is 1. The zero-order valence-electron chi connectivity index (χ0n) is 15.7. The second-order valence-corrected chi connectivity index (χ2v) is 7.00. The van der Waals surface area contributed by atoms with Gasteiger partial charge in [0.05, 0.1) is 11.3 Å². The van der Waals surface area contributed by atoms with Crippen molar-refractivity contribution in [2.75, 3.05) is 26.0 Å². The average Bonchev–Trinajstić information content (AvgIpc) is 3.20. The van der Waals surface area contributed by atoms with Crippen molar-refractivity contribution >= 4 is 22.6 Å². The van der Waals surface area contributed by atoms with Crippen LogP contribution in [0.2, 0.25) is 0 Å². The molecule has 0 radical (unpaired) electrons. The lowest BCUT2D eigenvalue weighted by Crippen LogP contribution is -2.18. The van der Waals surface area contributed by atoms with E-state index in [1.54, 1.807) is 19.2 Å². The summed E-state index contributed by atoms with van der Waals surface area (Å²) in [6, 6.07) is 7.84. The number of hydrogen-bond donors (Lipinski definition) is 1. The van der Waals surface area contributed by atoms with Gasteiger partial charge < -0.3 is 19.4 Å². The molecule has 1 aliphatic heterocycles. The predicted molar refractivity (Wildman–Crippen MR) is 103 cm³/mol. The largest absolute Gasteiger partial charge is 0.488 e. The highest BCUT2D eigenvalue weighted by Crippen LogP contribution is 2.47. The molecule has 0 saturated heterocycles. The summed E-state index contributed by atoms with van der Waals surface area (Å²) < 4.78 is 25.5. The van der Waals surface area contributed by atoms with Crippen molar-refractivity contribution < 1.29 is 18.3 Å². The van der Waals surface area contributed by atoms with Gasteiger partial charge in [-0.1, -0.05) is 0 Å². The zero-order valence-corrected chi connectivity index (χ0v) is 15.7. The summed E-state index contributed by atoms with van der Waals surface area (Å²) in [6.45, 7) is 2.01. The SMILES string of the molecule is CNC(=O)c1c(-c2ccc(F)cc2)oc2cc(N(C)C)c3c(c12)CC(C)O3. The molecule has 1 atom stereocenters. The van der Waals surface area contributed by atoms with E-state index >= 15 is 0 Å². The van der Waals surface area contributed by atoms with E-state index in [-0.39, 0.29) is 17.8 Å². The fourth-order valence-electron chi connectivity index (χ4n) is 3.64. The van der Waals surface area contributed by atoms with Crippen LogP contribution in [-0.2, 0) is 6.42 Å². The molecule has 27 heavy (non-hydrogen) atoms. The molecule has 140 valence electrons. The van der Waals surface area contributed by atoms with Crippen LogP contribution in [0.1, 0.15) is 22.8 Å². The Labute approximate surface area is 156 Å². The van der Waals surface area contributed by atoms with Crippen LogP contribution in [0.4, 0.5) is 10.1 Å². The molecule has 1 amide bonds. The van der Waals surface area contributed by atoms with Crippen molar-refractivity contribution in [1.29, 1.82) is 0 Å². The van der Waals surface area contributed by atoms with E-state index in [0.29, 0.717) is 28.9 Å². The Kier molecular flexibility index (Phi) is 4.06. The first-order valence-corrected chi connectivity index (χ1v) is 8.85. The summed E-state index contributed by atoms with van der Waals surface area (Å²) in [5.41, 5.74) is 3.61. The highest BCUT2D eigenvalue weighted by atomic mass is 19.1. The Hall–Kier alpha value is -3.02. The van der Waals surface area contributed by atoms with E-state index in [9.17, 15) is 9.18 Å². The minimum atomic E-state index is -0.339. The van der Waals surface area contributed by atoms with Gasteiger partial charge in [0.15, 0.2) is 0 Å². The van der Waals surface area contributed by atoms with Crippen LogP contribution in [-0.4, -0.2) is 33.2 Å². The summed E-state index contributed by atoms with van der Waals surface area (Å²) in [5, 5.41) is 3.46. The van der Waals surface area contributed by atoms with E-state index in [1.807, 2.05) is 32.0 Å². The van der Waals surface area contributed by atoms with E-state index in [2.05, 4.69) is 5.32 Å². The summed E-state index contributed by atoms with van der Waals surface area (Å²) in [6.07, 6.45) is 0.714. The lowest BCUT2D eigenvalue weighted by Gasteiger charge is -2.17. The third-order valence-electron chi connectivity index (χ3n) is 4.86. The second-order valence-electron chi connectivity index (χ2n) is 7.00. The minimum Gasteiger partial charge on any atom is -0.488 e. The lowest BCUT2D eigenvalue weighted by atomic mass is 9.98. The van der Waals surface area contributed by atoms with Crippen molar-refractivity contribution in [3.8, 4) is 17.1 Å². The maximum absolute atomic E-state index is 13.4. The summed E-state index contributed by atoms with van der Waals surface area (Å²) in [4.78, 5) is 14.7. The summed E-state index contributed by atoms with van der Waals surface area (Å²) in [7, 11) is 5.47. The first-order chi connectivity index (χ1) is 12.9. The number of benzene rings is 2. The number of furan rings is 1. The molecule has 0 aliphatic carbocycles. The minimum absolute atomic E-state index is 0.0195. The van der Waals surface area contributed by atoms with Crippen LogP contribution in [0.25, 0.3) is 22.3 Å². The van der Waals surface area contributed by atoms with Crippen molar-refractivity contribution in [3.63, 3.8) is 0 Å². The number of nitrogens with one attached hydrogen (secondary N) is 1. The number of anilines is 1. The molecule has 6 heteroatoms. The van der Waals surface area contributed by atoms with Crippen LogP contribution in [0.3, 0.4) is 0 Å².